The van der Waals surface area contributed by atoms with E-state index in [2.05, 4.69) is 17.1 Å². The molecule has 0 amide bonds. The van der Waals surface area contributed by atoms with Crippen molar-refractivity contribution < 1.29 is 4.52 Å². The van der Waals surface area contributed by atoms with E-state index in [1.807, 2.05) is 0 Å². The fourth-order valence-electron chi connectivity index (χ4n) is 4.10. The summed E-state index contributed by atoms with van der Waals surface area (Å²) in [4.78, 5) is 4.64. The Morgan fingerprint density at radius 2 is 1.86 bits per heavy atom. The fraction of sp³-hybridized carbons (Fsp3) is 0.882. The molecule has 118 valence electrons. The van der Waals surface area contributed by atoms with Gasteiger partial charge in [0.1, 0.15) is 0 Å². The third-order valence-corrected chi connectivity index (χ3v) is 5.69. The van der Waals surface area contributed by atoms with E-state index in [9.17, 15) is 0 Å². The lowest BCUT2D eigenvalue weighted by Crippen LogP contribution is -2.30. The molecule has 2 fully saturated rings. The van der Waals surface area contributed by atoms with Crippen molar-refractivity contribution in [3.8, 4) is 0 Å². The molecule has 0 saturated heterocycles. The number of nitrogens with zero attached hydrogens (tertiary/aromatic N) is 2. The molecule has 2 aliphatic carbocycles. The highest BCUT2D eigenvalue weighted by Gasteiger charge is 2.27. The van der Waals surface area contributed by atoms with E-state index in [-0.39, 0.29) is 6.04 Å². The first-order chi connectivity index (χ1) is 10.3. The molecule has 0 radical (unpaired) electrons. The van der Waals surface area contributed by atoms with Crippen LogP contribution in [0.4, 0.5) is 0 Å². The molecule has 21 heavy (non-hydrogen) atoms. The Hall–Kier alpha value is -0.900. The monoisotopic (exact) mass is 291 g/mol. The third-order valence-electron chi connectivity index (χ3n) is 5.69. The first kappa shape index (κ1) is 15.0. The van der Waals surface area contributed by atoms with Crippen molar-refractivity contribution in [3.63, 3.8) is 0 Å². The van der Waals surface area contributed by atoms with Crippen molar-refractivity contribution in [2.45, 2.75) is 83.1 Å². The third kappa shape index (κ3) is 3.65. The molecule has 1 aromatic rings. The molecule has 0 spiro atoms. The van der Waals surface area contributed by atoms with Crippen molar-refractivity contribution in [3.05, 3.63) is 11.7 Å². The zero-order valence-electron chi connectivity index (χ0n) is 13.3. The topological polar surface area (TPSA) is 64.9 Å². The molecule has 0 aliphatic heterocycles. The Morgan fingerprint density at radius 3 is 2.52 bits per heavy atom. The molecule has 0 aromatic carbocycles. The second kappa shape index (κ2) is 6.91. The molecule has 1 aromatic heterocycles. The van der Waals surface area contributed by atoms with Gasteiger partial charge in [-0.1, -0.05) is 31.3 Å². The van der Waals surface area contributed by atoms with Gasteiger partial charge in [-0.05, 0) is 50.4 Å². The van der Waals surface area contributed by atoms with Crippen LogP contribution in [-0.2, 0) is 6.42 Å². The predicted octanol–water partition coefficient (Wildman–Crippen LogP) is 3.81. The van der Waals surface area contributed by atoms with Crippen molar-refractivity contribution >= 4 is 0 Å². The highest BCUT2D eigenvalue weighted by molar-refractivity contribution is 4.99. The van der Waals surface area contributed by atoms with E-state index in [0.29, 0.717) is 11.8 Å². The first-order valence-electron chi connectivity index (χ1n) is 8.84. The normalized spacial score (nSPS) is 28.9. The lowest BCUT2D eigenvalue weighted by atomic mass is 9.80. The molecule has 2 N–H and O–H groups in total. The van der Waals surface area contributed by atoms with E-state index in [1.54, 1.807) is 0 Å². The number of hydrogen-bond acceptors (Lipinski definition) is 4. The molecule has 1 heterocycles. The van der Waals surface area contributed by atoms with Gasteiger partial charge in [-0.25, -0.2) is 0 Å². The molecule has 0 bridgehead atoms. The summed E-state index contributed by atoms with van der Waals surface area (Å²) < 4.78 is 5.46. The molecule has 1 atom stereocenters. The summed E-state index contributed by atoms with van der Waals surface area (Å²) in [6.45, 7) is 2.29. The average molecular weight is 291 g/mol. The van der Waals surface area contributed by atoms with Crippen LogP contribution >= 0.6 is 0 Å². The summed E-state index contributed by atoms with van der Waals surface area (Å²) in [5.41, 5.74) is 6.31. The second-order valence-electron chi connectivity index (χ2n) is 7.08. The number of rotatable bonds is 5. The predicted molar refractivity (Wildman–Crippen MR) is 82.9 cm³/mol. The Bertz CT molecular complexity index is 431. The van der Waals surface area contributed by atoms with E-state index in [4.69, 9.17) is 10.3 Å². The molecule has 2 aliphatic rings. The zero-order chi connectivity index (χ0) is 14.7. The van der Waals surface area contributed by atoms with Crippen LogP contribution < -0.4 is 5.73 Å². The highest BCUT2D eigenvalue weighted by Crippen LogP contribution is 2.36. The zero-order valence-corrected chi connectivity index (χ0v) is 13.3. The van der Waals surface area contributed by atoms with Crippen LogP contribution in [0, 0.1) is 11.8 Å². The molecule has 1 unspecified atom stereocenters. The quantitative estimate of drug-likeness (QED) is 0.895. The summed E-state index contributed by atoms with van der Waals surface area (Å²) in [5, 5.41) is 4.23. The smallest absolute Gasteiger partial charge is 0.228 e. The molecule has 4 heteroatoms. The highest BCUT2D eigenvalue weighted by atomic mass is 16.5. The van der Waals surface area contributed by atoms with Crippen LogP contribution in [0.15, 0.2) is 4.52 Å². The van der Waals surface area contributed by atoms with Crippen LogP contribution in [-0.4, -0.2) is 16.2 Å². The summed E-state index contributed by atoms with van der Waals surface area (Å²) in [6, 6.07) is 0.191. The summed E-state index contributed by atoms with van der Waals surface area (Å²) in [7, 11) is 0. The number of hydrogen-bond donors (Lipinski definition) is 1. The van der Waals surface area contributed by atoms with Gasteiger partial charge in [-0.2, -0.15) is 4.98 Å². The van der Waals surface area contributed by atoms with Gasteiger partial charge in [0.2, 0.25) is 5.89 Å². The van der Waals surface area contributed by atoms with Crippen molar-refractivity contribution in [2.24, 2.45) is 17.6 Å². The van der Waals surface area contributed by atoms with Gasteiger partial charge in [0.15, 0.2) is 5.82 Å². The van der Waals surface area contributed by atoms with Gasteiger partial charge in [0, 0.05) is 18.4 Å². The van der Waals surface area contributed by atoms with Crippen LogP contribution in [0.25, 0.3) is 0 Å². The average Bonchev–Trinajstić information content (AvgIpc) is 3.19. The molecular formula is C17H29N3O. The largest absolute Gasteiger partial charge is 0.339 e. The van der Waals surface area contributed by atoms with E-state index >= 15 is 0 Å². The van der Waals surface area contributed by atoms with E-state index < -0.39 is 0 Å². The maximum atomic E-state index is 6.31. The van der Waals surface area contributed by atoms with Crippen LogP contribution in [0.5, 0.6) is 0 Å². The molecule has 2 saturated carbocycles. The van der Waals surface area contributed by atoms with Gasteiger partial charge in [-0.3, -0.25) is 0 Å². The Morgan fingerprint density at radius 1 is 1.14 bits per heavy atom. The molecular weight excluding hydrogens is 262 g/mol. The standard InChI is InChI=1S/C17H29N3O/c1-2-12-7-9-14(10-8-12)17-19-16(21-20-17)11-15(18)13-5-3-4-6-13/h12-15H,2-11,18H2,1H3. The minimum atomic E-state index is 0.191. The van der Waals surface area contributed by atoms with Crippen LogP contribution in [0.2, 0.25) is 0 Å². The Balaban J connectivity index is 1.53. The van der Waals surface area contributed by atoms with Gasteiger partial charge >= 0.3 is 0 Å². The van der Waals surface area contributed by atoms with Crippen molar-refractivity contribution in [2.75, 3.05) is 0 Å². The van der Waals surface area contributed by atoms with Gasteiger partial charge < -0.3 is 10.3 Å². The molecule has 4 nitrogen and oxygen atoms in total. The van der Waals surface area contributed by atoms with Crippen molar-refractivity contribution in [1.29, 1.82) is 0 Å². The Kier molecular flexibility index (Phi) is 4.94. The van der Waals surface area contributed by atoms with Gasteiger partial charge in [0.25, 0.3) is 0 Å². The minimum Gasteiger partial charge on any atom is -0.339 e. The van der Waals surface area contributed by atoms with Crippen molar-refractivity contribution in [1.82, 2.24) is 10.1 Å². The maximum absolute atomic E-state index is 6.31. The Labute approximate surface area is 127 Å². The lowest BCUT2D eigenvalue weighted by Gasteiger charge is -2.25. The summed E-state index contributed by atoms with van der Waals surface area (Å²) >= 11 is 0. The second-order valence-corrected chi connectivity index (χ2v) is 7.08. The number of aromatic nitrogens is 2. The van der Waals surface area contributed by atoms with E-state index in [1.165, 1.54) is 57.8 Å². The number of nitrogens with two attached hydrogens (primary N) is 1. The fourth-order valence-corrected chi connectivity index (χ4v) is 4.10. The SMILES string of the molecule is CCC1CCC(c2noc(CC(N)C3CCCC3)n2)CC1. The summed E-state index contributed by atoms with van der Waals surface area (Å²) in [5.74, 6) is 3.75. The van der Waals surface area contributed by atoms with Gasteiger partial charge in [-0.15, -0.1) is 0 Å². The lowest BCUT2D eigenvalue weighted by molar-refractivity contribution is 0.301. The minimum absolute atomic E-state index is 0.191. The van der Waals surface area contributed by atoms with Crippen LogP contribution in [0.1, 0.15) is 82.3 Å². The molecule has 3 rings (SSSR count). The maximum Gasteiger partial charge on any atom is 0.228 e. The summed E-state index contributed by atoms with van der Waals surface area (Å²) in [6.07, 6.45) is 12.3. The van der Waals surface area contributed by atoms with E-state index in [0.717, 1.165) is 24.1 Å². The van der Waals surface area contributed by atoms with Crippen LogP contribution in [0.3, 0.4) is 0 Å². The first-order valence-corrected chi connectivity index (χ1v) is 8.84. The van der Waals surface area contributed by atoms with Gasteiger partial charge in [0.05, 0.1) is 0 Å².